The Morgan fingerprint density at radius 1 is 1.43 bits per heavy atom. The van der Waals surface area contributed by atoms with Crippen molar-refractivity contribution in [2.24, 2.45) is 5.73 Å². The Morgan fingerprint density at radius 2 is 2.13 bits per heavy atom. The van der Waals surface area contributed by atoms with Crippen LogP contribution in [0.15, 0.2) is 28.8 Å². The molecule has 0 spiro atoms. The standard InChI is InChI=1S/C15H18N4O3.ClH/c1-9(16)14(20)17-11-4-6-12(7-5-11)21-8-13-18-15(22-19-13)10-2-3-10;/h4-7,9-10H,2-3,8,16H2,1H3,(H,17,20);1H/t9-;/m0./s1. The summed E-state index contributed by atoms with van der Waals surface area (Å²) in [5, 5.41) is 6.59. The number of anilines is 1. The molecule has 23 heavy (non-hydrogen) atoms. The lowest BCUT2D eigenvalue weighted by molar-refractivity contribution is -0.117. The number of halogens is 1. The Morgan fingerprint density at radius 3 is 2.74 bits per heavy atom. The number of carbonyl (C=O) groups excluding carboxylic acids is 1. The summed E-state index contributed by atoms with van der Waals surface area (Å²) in [5.74, 6) is 2.11. The van der Waals surface area contributed by atoms with Crippen LogP contribution in [0.5, 0.6) is 5.75 Å². The third-order valence-electron chi connectivity index (χ3n) is 3.31. The van der Waals surface area contributed by atoms with Gasteiger partial charge in [0.1, 0.15) is 5.75 Å². The van der Waals surface area contributed by atoms with Crippen LogP contribution >= 0.6 is 12.4 Å². The lowest BCUT2D eigenvalue weighted by Crippen LogP contribution is -2.32. The van der Waals surface area contributed by atoms with Gasteiger partial charge in [0, 0.05) is 11.6 Å². The van der Waals surface area contributed by atoms with Crippen molar-refractivity contribution in [3.05, 3.63) is 36.0 Å². The summed E-state index contributed by atoms with van der Waals surface area (Å²) >= 11 is 0. The highest BCUT2D eigenvalue weighted by molar-refractivity contribution is 5.94. The minimum absolute atomic E-state index is 0. The van der Waals surface area contributed by atoms with E-state index in [0.29, 0.717) is 29.1 Å². The predicted molar refractivity (Wildman–Crippen MR) is 86.6 cm³/mol. The fourth-order valence-electron chi connectivity index (χ4n) is 1.86. The van der Waals surface area contributed by atoms with Crippen molar-refractivity contribution in [2.45, 2.75) is 38.3 Å². The maximum atomic E-state index is 11.5. The number of aromatic nitrogens is 2. The molecule has 1 aliphatic carbocycles. The minimum Gasteiger partial charge on any atom is -0.485 e. The highest BCUT2D eigenvalue weighted by atomic mass is 35.5. The molecule has 1 atom stereocenters. The predicted octanol–water partition coefficient (Wildman–Crippen LogP) is 2.23. The molecule has 1 aliphatic rings. The highest BCUT2D eigenvalue weighted by Crippen LogP contribution is 2.38. The molecule has 0 aliphatic heterocycles. The van der Waals surface area contributed by atoms with Crippen molar-refractivity contribution < 1.29 is 14.1 Å². The van der Waals surface area contributed by atoms with Crippen molar-refractivity contribution in [2.75, 3.05) is 5.32 Å². The largest absolute Gasteiger partial charge is 0.485 e. The molecule has 124 valence electrons. The number of hydrogen-bond acceptors (Lipinski definition) is 6. The first-order valence-electron chi connectivity index (χ1n) is 7.23. The van der Waals surface area contributed by atoms with E-state index >= 15 is 0 Å². The van der Waals surface area contributed by atoms with E-state index in [9.17, 15) is 4.79 Å². The maximum Gasteiger partial charge on any atom is 0.240 e. The van der Waals surface area contributed by atoms with Crippen LogP contribution in [-0.4, -0.2) is 22.1 Å². The first kappa shape index (κ1) is 17.2. The fraction of sp³-hybridized carbons (Fsp3) is 0.400. The van der Waals surface area contributed by atoms with Crippen molar-refractivity contribution in [1.29, 1.82) is 0 Å². The number of carbonyl (C=O) groups is 1. The van der Waals surface area contributed by atoms with Crippen LogP contribution in [0.2, 0.25) is 0 Å². The number of nitrogens with two attached hydrogens (primary N) is 1. The van der Waals surface area contributed by atoms with Gasteiger partial charge in [0.05, 0.1) is 6.04 Å². The molecule has 1 heterocycles. The summed E-state index contributed by atoms with van der Waals surface area (Å²) in [6.45, 7) is 1.88. The molecule has 3 rings (SSSR count). The summed E-state index contributed by atoms with van der Waals surface area (Å²) in [4.78, 5) is 15.8. The molecule has 1 amide bonds. The molecule has 7 nitrogen and oxygen atoms in total. The Balaban J connectivity index is 0.00000192. The maximum absolute atomic E-state index is 11.5. The van der Waals surface area contributed by atoms with Crippen molar-refractivity contribution in [3.63, 3.8) is 0 Å². The van der Waals surface area contributed by atoms with E-state index in [1.54, 1.807) is 31.2 Å². The number of hydrogen-bond donors (Lipinski definition) is 2. The molecule has 1 aromatic carbocycles. The number of nitrogens with one attached hydrogen (secondary N) is 1. The zero-order valence-electron chi connectivity index (χ0n) is 12.7. The van der Waals surface area contributed by atoms with Gasteiger partial charge in [-0.05, 0) is 44.0 Å². The van der Waals surface area contributed by atoms with E-state index in [1.807, 2.05) is 0 Å². The van der Waals surface area contributed by atoms with Crippen molar-refractivity contribution in [3.8, 4) is 5.75 Å². The molecule has 8 heteroatoms. The number of nitrogens with zero attached hydrogens (tertiary/aromatic N) is 2. The average Bonchev–Trinajstić information content (AvgIpc) is 3.25. The molecule has 0 saturated heterocycles. The topological polar surface area (TPSA) is 103 Å². The second-order valence-electron chi connectivity index (χ2n) is 5.41. The molecule has 3 N–H and O–H groups in total. The van der Waals surface area contributed by atoms with E-state index in [1.165, 1.54) is 0 Å². The minimum atomic E-state index is -0.546. The quantitative estimate of drug-likeness (QED) is 0.837. The normalized spacial score (nSPS) is 14.7. The third kappa shape index (κ3) is 4.67. The molecule has 1 fully saturated rings. The molecule has 2 aromatic rings. The monoisotopic (exact) mass is 338 g/mol. The van der Waals surface area contributed by atoms with Crippen LogP contribution in [0.4, 0.5) is 5.69 Å². The van der Waals surface area contributed by atoms with Crippen molar-refractivity contribution in [1.82, 2.24) is 10.1 Å². The van der Waals surface area contributed by atoms with E-state index < -0.39 is 6.04 Å². The summed E-state index contributed by atoms with van der Waals surface area (Å²) in [6, 6.07) is 6.48. The first-order chi connectivity index (χ1) is 10.6. The van der Waals surface area contributed by atoms with Gasteiger partial charge in [-0.1, -0.05) is 5.16 Å². The van der Waals surface area contributed by atoms with Gasteiger partial charge in [-0.2, -0.15) is 4.98 Å². The lowest BCUT2D eigenvalue weighted by Gasteiger charge is -2.08. The van der Waals surface area contributed by atoms with Crippen LogP contribution < -0.4 is 15.8 Å². The van der Waals surface area contributed by atoms with Gasteiger partial charge in [0.2, 0.25) is 17.6 Å². The highest BCUT2D eigenvalue weighted by Gasteiger charge is 2.29. The lowest BCUT2D eigenvalue weighted by atomic mass is 10.2. The summed E-state index contributed by atoms with van der Waals surface area (Å²) in [7, 11) is 0. The number of amides is 1. The molecule has 0 unspecified atom stereocenters. The molecular weight excluding hydrogens is 320 g/mol. The van der Waals surface area contributed by atoms with Crippen LogP contribution in [0.3, 0.4) is 0 Å². The smallest absolute Gasteiger partial charge is 0.240 e. The Kier molecular flexibility index (Phi) is 5.57. The molecule has 1 saturated carbocycles. The number of rotatable bonds is 6. The SMILES string of the molecule is C[C@H](N)C(=O)Nc1ccc(OCc2noc(C3CC3)n2)cc1.Cl. The number of benzene rings is 1. The molecular formula is C15H19ClN4O3. The van der Waals surface area contributed by atoms with Gasteiger partial charge in [-0.15, -0.1) is 12.4 Å². The first-order valence-corrected chi connectivity index (χ1v) is 7.23. The van der Waals surface area contributed by atoms with Gasteiger partial charge in [0.15, 0.2) is 6.61 Å². The second-order valence-corrected chi connectivity index (χ2v) is 5.41. The zero-order chi connectivity index (χ0) is 15.5. The Bertz CT molecular complexity index is 653. The van der Waals surface area contributed by atoms with Gasteiger partial charge < -0.3 is 20.3 Å². The van der Waals surface area contributed by atoms with E-state index in [2.05, 4.69) is 15.5 Å². The zero-order valence-corrected chi connectivity index (χ0v) is 13.5. The van der Waals surface area contributed by atoms with Gasteiger partial charge in [0.25, 0.3) is 0 Å². The Hall–Kier alpha value is -2.12. The van der Waals surface area contributed by atoms with Gasteiger partial charge >= 0.3 is 0 Å². The van der Waals surface area contributed by atoms with Crippen molar-refractivity contribution >= 4 is 24.0 Å². The second kappa shape index (κ2) is 7.43. The van der Waals surface area contributed by atoms with Crippen LogP contribution in [-0.2, 0) is 11.4 Å². The summed E-state index contributed by atoms with van der Waals surface area (Å²) in [6.07, 6.45) is 2.24. The third-order valence-corrected chi connectivity index (χ3v) is 3.31. The van der Waals surface area contributed by atoms with Crippen LogP contribution in [0.25, 0.3) is 0 Å². The molecule has 0 bridgehead atoms. The van der Waals surface area contributed by atoms with E-state index in [0.717, 1.165) is 12.8 Å². The summed E-state index contributed by atoms with van der Waals surface area (Å²) in [5.41, 5.74) is 6.17. The van der Waals surface area contributed by atoms with Gasteiger partial charge in [-0.25, -0.2) is 0 Å². The Labute approximate surface area is 140 Å². The summed E-state index contributed by atoms with van der Waals surface area (Å²) < 4.78 is 10.8. The molecule has 0 radical (unpaired) electrons. The van der Waals surface area contributed by atoms with E-state index in [4.69, 9.17) is 15.0 Å². The average molecular weight is 339 g/mol. The van der Waals surface area contributed by atoms with Gasteiger partial charge in [-0.3, -0.25) is 4.79 Å². The number of ether oxygens (including phenoxy) is 1. The molecule has 1 aromatic heterocycles. The van der Waals surface area contributed by atoms with E-state index in [-0.39, 0.29) is 24.9 Å². The van der Waals surface area contributed by atoms with Crippen LogP contribution in [0, 0.1) is 0 Å². The van der Waals surface area contributed by atoms with Crippen LogP contribution in [0.1, 0.15) is 37.4 Å². The fourth-order valence-corrected chi connectivity index (χ4v) is 1.86.